The Morgan fingerprint density at radius 1 is 0.941 bits per heavy atom. The van der Waals surface area contributed by atoms with E-state index in [1.807, 2.05) is 69.3 Å². The van der Waals surface area contributed by atoms with Crippen LogP contribution in [-0.2, 0) is 16.0 Å². The van der Waals surface area contributed by atoms with E-state index in [2.05, 4.69) is 31.0 Å². The quantitative estimate of drug-likeness (QED) is 0.357. The third-order valence-corrected chi connectivity index (χ3v) is 6.48. The predicted octanol–water partition coefficient (Wildman–Crippen LogP) is 3.96. The van der Waals surface area contributed by atoms with Crippen LogP contribution >= 0.6 is 23.1 Å². The zero-order valence-electron chi connectivity index (χ0n) is 18.9. The number of carbonyl (C=O) groups is 2. The van der Waals surface area contributed by atoms with E-state index in [-0.39, 0.29) is 24.0 Å². The van der Waals surface area contributed by atoms with E-state index in [1.54, 1.807) is 4.57 Å². The highest BCUT2D eigenvalue weighted by Gasteiger charge is 2.19. The zero-order valence-corrected chi connectivity index (χ0v) is 20.5. The number of para-hydroxylation sites is 1. The van der Waals surface area contributed by atoms with Gasteiger partial charge >= 0.3 is 0 Å². The molecule has 0 saturated carbocycles. The first-order valence-electron chi connectivity index (χ1n) is 10.5. The molecule has 0 atom stereocenters. The van der Waals surface area contributed by atoms with Gasteiger partial charge in [0.05, 0.1) is 12.2 Å². The topological polar surface area (TPSA) is 115 Å². The molecule has 2 N–H and O–H groups in total. The summed E-state index contributed by atoms with van der Waals surface area (Å²) >= 11 is 2.54. The fourth-order valence-corrected chi connectivity index (χ4v) is 4.65. The second-order valence-corrected chi connectivity index (χ2v) is 9.70. The maximum Gasteiger partial charge on any atom is 0.236 e. The molecule has 34 heavy (non-hydrogen) atoms. The third-order valence-electron chi connectivity index (χ3n) is 4.79. The highest BCUT2D eigenvalue weighted by Crippen LogP contribution is 2.24. The van der Waals surface area contributed by atoms with Crippen LogP contribution in [0.2, 0.25) is 0 Å². The number of carbonyl (C=O) groups excluding carboxylic acids is 2. The van der Waals surface area contributed by atoms with Gasteiger partial charge in [0.15, 0.2) is 5.16 Å². The summed E-state index contributed by atoms with van der Waals surface area (Å²) in [4.78, 5) is 25.2. The van der Waals surface area contributed by atoms with E-state index in [0.29, 0.717) is 16.1 Å². The fraction of sp³-hybridized carbons (Fsp3) is 0.217. The number of amides is 2. The first kappa shape index (κ1) is 23.6. The van der Waals surface area contributed by atoms with Gasteiger partial charge in [-0.15, -0.1) is 20.4 Å². The molecule has 11 heteroatoms. The number of anilines is 2. The Bertz CT molecular complexity index is 1320. The summed E-state index contributed by atoms with van der Waals surface area (Å²) < 4.78 is 1.80. The molecule has 0 unspecified atom stereocenters. The molecule has 0 aliphatic carbocycles. The number of hydrogen-bond donors (Lipinski definition) is 2. The molecule has 0 aliphatic heterocycles. The molecule has 2 aromatic heterocycles. The molecular formula is C23H23N7O2S2. The molecule has 174 valence electrons. The first-order chi connectivity index (χ1) is 16.4. The van der Waals surface area contributed by atoms with E-state index in [1.165, 1.54) is 23.1 Å². The van der Waals surface area contributed by atoms with Gasteiger partial charge in [-0.25, -0.2) is 0 Å². The molecule has 0 aliphatic rings. The lowest BCUT2D eigenvalue weighted by Gasteiger charge is -2.11. The minimum absolute atomic E-state index is 0.0338. The van der Waals surface area contributed by atoms with Crippen molar-refractivity contribution in [2.45, 2.75) is 32.3 Å². The van der Waals surface area contributed by atoms with E-state index < -0.39 is 0 Å². The Hall–Kier alpha value is -3.57. The number of nitrogens with zero attached hydrogens (tertiary/aromatic N) is 5. The molecule has 2 amide bonds. The first-order valence-corrected chi connectivity index (χ1v) is 12.3. The Labute approximate surface area is 205 Å². The number of aromatic nitrogens is 5. The van der Waals surface area contributed by atoms with Gasteiger partial charge < -0.3 is 5.32 Å². The second-order valence-electron chi connectivity index (χ2n) is 7.58. The lowest BCUT2D eigenvalue weighted by molar-refractivity contribution is -0.116. The van der Waals surface area contributed by atoms with Crippen molar-refractivity contribution < 1.29 is 9.59 Å². The smallest absolute Gasteiger partial charge is 0.236 e. The van der Waals surface area contributed by atoms with Crippen LogP contribution in [0, 0.1) is 20.8 Å². The number of aryl methyl sites for hydroxylation is 3. The van der Waals surface area contributed by atoms with Gasteiger partial charge in [0, 0.05) is 11.4 Å². The monoisotopic (exact) mass is 493 g/mol. The van der Waals surface area contributed by atoms with Gasteiger partial charge in [-0.1, -0.05) is 59.0 Å². The molecule has 0 radical (unpaired) electrons. The van der Waals surface area contributed by atoms with Crippen LogP contribution in [0.15, 0.2) is 53.7 Å². The predicted molar refractivity (Wildman–Crippen MR) is 134 cm³/mol. The van der Waals surface area contributed by atoms with Crippen molar-refractivity contribution in [2.75, 3.05) is 16.4 Å². The van der Waals surface area contributed by atoms with E-state index in [4.69, 9.17) is 0 Å². The van der Waals surface area contributed by atoms with Crippen LogP contribution in [-0.4, -0.2) is 42.5 Å². The molecular weight excluding hydrogens is 470 g/mol. The molecule has 9 nitrogen and oxygen atoms in total. The number of benzene rings is 2. The zero-order chi connectivity index (χ0) is 24.1. The normalized spacial score (nSPS) is 10.8. The van der Waals surface area contributed by atoms with Crippen LogP contribution in [0.5, 0.6) is 0 Å². The lowest BCUT2D eigenvalue weighted by Crippen LogP contribution is -2.18. The van der Waals surface area contributed by atoms with Crippen LogP contribution in [0.1, 0.15) is 22.0 Å². The summed E-state index contributed by atoms with van der Waals surface area (Å²) in [6.45, 7) is 5.79. The summed E-state index contributed by atoms with van der Waals surface area (Å²) in [5.41, 5.74) is 3.70. The van der Waals surface area contributed by atoms with Gasteiger partial charge in [-0.3, -0.25) is 19.5 Å². The Morgan fingerprint density at radius 2 is 1.74 bits per heavy atom. The second kappa shape index (κ2) is 10.6. The van der Waals surface area contributed by atoms with Gasteiger partial charge in [-0.2, -0.15) is 0 Å². The van der Waals surface area contributed by atoms with Crippen molar-refractivity contribution in [3.8, 4) is 5.69 Å². The summed E-state index contributed by atoms with van der Waals surface area (Å²) in [6.07, 6.45) is 0.0338. The summed E-state index contributed by atoms with van der Waals surface area (Å²) in [6, 6.07) is 15.4. The van der Waals surface area contributed by atoms with Crippen LogP contribution in [0.3, 0.4) is 0 Å². The molecule has 0 fully saturated rings. The van der Waals surface area contributed by atoms with Crippen molar-refractivity contribution in [1.29, 1.82) is 0 Å². The largest absolute Gasteiger partial charge is 0.325 e. The average molecular weight is 494 g/mol. The molecule has 2 heterocycles. The minimum Gasteiger partial charge on any atom is -0.325 e. The number of thioether (sulfide) groups is 1. The van der Waals surface area contributed by atoms with Crippen LogP contribution in [0.4, 0.5) is 10.8 Å². The van der Waals surface area contributed by atoms with Gasteiger partial charge in [-0.05, 0) is 44.5 Å². The maximum atomic E-state index is 12.8. The van der Waals surface area contributed by atoms with Gasteiger partial charge in [0.25, 0.3) is 0 Å². The van der Waals surface area contributed by atoms with E-state index in [9.17, 15) is 9.59 Å². The summed E-state index contributed by atoms with van der Waals surface area (Å²) in [7, 11) is 0. The van der Waals surface area contributed by atoms with Gasteiger partial charge in [0.2, 0.25) is 16.9 Å². The molecule has 0 bridgehead atoms. The Balaban J connectivity index is 1.50. The highest BCUT2D eigenvalue weighted by molar-refractivity contribution is 7.99. The Kier molecular flexibility index (Phi) is 7.33. The van der Waals surface area contributed by atoms with Crippen LogP contribution < -0.4 is 10.6 Å². The summed E-state index contributed by atoms with van der Waals surface area (Å²) in [5.74, 6) is 0.171. The standard InChI is InChI=1S/C23H23N7O2S2/c1-14-9-10-18(15(2)11-14)24-20(31)12-19-27-29-23(30(19)17-7-5-4-6-8-17)33-13-21(32)25-22-28-26-16(3)34-22/h4-11H,12-13H2,1-3H3,(H,24,31)(H,25,28,32). The fourth-order valence-electron chi connectivity index (χ4n) is 3.27. The SMILES string of the molecule is Cc1ccc(NC(=O)Cc2nnc(SCC(=O)Nc3nnc(C)s3)n2-c2ccccc2)c(C)c1. The highest BCUT2D eigenvalue weighted by atomic mass is 32.2. The van der Waals surface area contributed by atoms with Crippen molar-refractivity contribution >= 4 is 45.7 Å². The summed E-state index contributed by atoms with van der Waals surface area (Å²) in [5, 5.41) is 23.7. The lowest BCUT2D eigenvalue weighted by atomic mass is 10.1. The van der Waals surface area contributed by atoms with E-state index >= 15 is 0 Å². The van der Waals surface area contributed by atoms with Crippen molar-refractivity contribution in [3.63, 3.8) is 0 Å². The third kappa shape index (κ3) is 5.86. The number of hydrogen-bond acceptors (Lipinski definition) is 8. The molecule has 4 aromatic rings. The minimum atomic E-state index is -0.224. The molecule has 0 saturated heterocycles. The average Bonchev–Trinajstić information content (AvgIpc) is 3.40. The van der Waals surface area contributed by atoms with E-state index in [0.717, 1.165) is 27.5 Å². The molecule has 2 aromatic carbocycles. The molecule has 0 spiro atoms. The van der Waals surface area contributed by atoms with Crippen molar-refractivity contribution in [1.82, 2.24) is 25.0 Å². The number of rotatable bonds is 8. The van der Waals surface area contributed by atoms with Gasteiger partial charge in [0.1, 0.15) is 10.8 Å². The van der Waals surface area contributed by atoms with Crippen LogP contribution in [0.25, 0.3) is 5.69 Å². The Morgan fingerprint density at radius 3 is 2.44 bits per heavy atom. The number of nitrogens with one attached hydrogen (secondary N) is 2. The van der Waals surface area contributed by atoms with Crippen molar-refractivity contribution in [3.05, 3.63) is 70.5 Å². The maximum absolute atomic E-state index is 12.8. The van der Waals surface area contributed by atoms with Crippen molar-refractivity contribution in [2.24, 2.45) is 0 Å². The molecule has 4 rings (SSSR count).